The van der Waals surface area contributed by atoms with Gasteiger partial charge in [0, 0.05) is 22.7 Å². The van der Waals surface area contributed by atoms with E-state index in [1.807, 2.05) is 12.3 Å². The van der Waals surface area contributed by atoms with E-state index >= 15 is 0 Å². The number of nitrogens with zero attached hydrogens (tertiary/aromatic N) is 1. The van der Waals surface area contributed by atoms with Gasteiger partial charge in [0.2, 0.25) is 5.91 Å². The van der Waals surface area contributed by atoms with E-state index in [4.69, 9.17) is 0 Å². The zero-order valence-electron chi connectivity index (χ0n) is 8.45. The van der Waals surface area contributed by atoms with Crippen LogP contribution in [0.25, 0.3) is 0 Å². The second-order valence-corrected chi connectivity index (χ2v) is 5.35. The highest BCUT2D eigenvalue weighted by molar-refractivity contribution is 7.99. The highest BCUT2D eigenvalue weighted by atomic mass is 32.2. The third kappa shape index (κ3) is 2.93. The van der Waals surface area contributed by atoms with Gasteiger partial charge in [0.05, 0.1) is 12.6 Å². The molecule has 2 N–H and O–H groups in total. The molecular formula is C9H13N3OS2. The van der Waals surface area contributed by atoms with Gasteiger partial charge in [-0.25, -0.2) is 4.98 Å². The van der Waals surface area contributed by atoms with Crippen LogP contribution in [0.2, 0.25) is 0 Å². The summed E-state index contributed by atoms with van der Waals surface area (Å²) in [5.74, 6) is 1.81. The first-order valence-electron chi connectivity index (χ1n) is 4.75. The molecular weight excluding hydrogens is 230 g/mol. The highest BCUT2D eigenvalue weighted by Gasteiger charge is 2.21. The first-order chi connectivity index (χ1) is 7.25. The van der Waals surface area contributed by atoms with Gasteiger partial charge < -0.3 is 5.32 Å². The second kappa shape index (κ2) is 4.96. The molecule has 0 bridgehead atoms. The predicted octanol–water partition coefficient (Wildman–Crippen LogP) is 0.730. The van der Waals surface area contributed by atoms with Crippen molar-refractivity contribution in [1.82, 2.24) is 15.6 Å². The minimum atomic E-state index is -0.0314. The summed E-state index contributed by atoms with van der Waals surface area (Å²) in [4.78, 5) is 15.9. The maximum Gasteiger partial charge on any atom is 0.238 e. The van der Waals surface area contributed by atoms with Crippen LogP contribution < -0.4 is 10.6 Å². The molecule has 82 valence electrons. The van der Waals surface area contributed by atoms with E-state index in [1.165, 1.54) is 0 Å². The average molecular weight is 243 g/mol. The predicted molar refractivity (Wildman–Crippen MR) is 62.9 cm³/mol. The highest BCUT2D eigenvalue weighted by Crippen LogP contribution is 2.11. The smallest absolute Gasteiger partial charge is 0.238 e. The Morgan fingerprint density at radius 2 is 2.67 bits per heavy atom. The molecule has 1 fully saturated rings. The van der Waals surface area contributed by atoms with E-state index in [0.29, 0.717) is 6.54 Å². The van der Waals surface area contributed by atoms with Crippen molar-refractivity contribution in [2.45, 2.75) is 19.5 Å². The summed E-state index contributed by atoms with van der Waals surface area (Å²) in [5, 5.41) is 8.97. The van der Waals surface area contributed by atoms with Crippen molar-refractivity contribution in [3.8, 4) is 0 Å². The Hall–Kier alpha value is -0.590. The maximum atomic E-state index is 11.6. The quantitative estimate of drug-likeness (QED) is 0.822. The van der Waals surface area contributed by atoms with E-state index in [-0.39, 0.29) is 11.9 Å². The van der Waals surface area contributed by atoms with E-state index in [2.05, 4.69) is 15.6 Å². The maximum absolute atomic E-state index is 11.6. The number of nitrogens with one attached hydrogen (secondary N) is 2. The molecule has 1 aliphatic rings. The number of rotatable bonds is 3. The van der Waals surface area contributed by atoms with Crippen LogP contribution in [-0.2, 0) is 11.3 Å². The van der Waals surface area contributed by atoms with Crippen LogP contribution in [-0.4, -0.2) is 28.6 Å². The SMILES string of the molecule is Cc1csc(CNC(=O)C2CSCN2)n1. The molecule has 1 aromatic rings. The van der Waals surface area contributed by atoms with Crippen LogP contribution in [0.5, 0.6) is 0 Å². The third-order valence-corrected chi connectivity index (χ3v) is 4.02. The zero-order chi connectivity index (χ0) is 10.7. The number of carbonyl (C=O) groups is 1. The van der Waals surface area contributed by atoms with Crippen LogP contribution in [0.4, 0.5) is 0 Å². The number of hydrogen-bond donors (Lipinski definition) is 2. The average Bonchev–Trinajstić information content (AvgIpc) is 2.84. The number of thioether (sulfide) groups is 1. The summed E-state index contributed by atoms with van der Waals surface area (Å²) in [5.41, 5.74) is 1.01. The number of aryl methyl sites for hydroxylation is 1. The van der Waals surface area contributed by atoms with Gasteiger partial charge in [-0.15, -0.1) is 23.1 Å². The molecule has 1 unspecified atom stereocenters. The largest absolute Gasteiger partial charge is 0.348 e. The first kappa shape index (κ1) is 10.9. The lowest BCUT2D eigenvalue weighted by atomic mass is 10.3. The van der Waals surface area contributed by atoms with Gasteiger partial charge in [-0.3, -0.25) is 10.1 Å². The van der Waals surface area contributed by atoms with Crippen molar-refractivity contribution in [2.75, 3.05) is 11.6 Å². The Bertz CT molecular complexity index is 347. The Morgan fingerprint density at radius 1 is 1.80 bits per heavy atom. The van der Waals surface area contributed by atoms with Crippen molar-refractivity contribution in [2.24, 2.45) is 0 Å². The third-order valence-electron chi connectivity index (χ3n) is 2.11. The van der Waals surface area contributed by atoms with Crippen molar-refractivity contribution < 1.29 is 4.79 Å². The number of hydrogen-bond acceptors (Lipinski definition) is 5. The first-order valence-corrected chi connectivity index (χ1v) is 6.79. The number of aromatic nitrogens is 1. The topological polar surface area (TPSA) is 54.0 Å². The summed E-state index contributed by atoms with van der Waals surface area (Å²) in [7, 11) is 0. The van der Waals surface area contributed by atoms with Crippen molar-refractivity contribution in [3.05, 3.63) is 16.1 Å². The molecule has 0 saturated carbocycles. The Kier molecular flexibility index (Phi) is 3.61. The van der Waals surface area contributed by atoms with E-state index in [1.54, 1.807) is 23.1 Å². The lowest BCUT2D eigenvalue weighted by Crippen LogP contribution is -2.41. The second-order valence-electron chi connectivity index (χ2n) is 3.37. The van der Waals surface area contributed by atoms with Crippen LogP contribution in [0.1, 0.15) is 10.7 Å². The summed E-state index contributed by atoms with van der Waals surface area (Å²) in [6.45, 7) is 2.50. The van der Waals surface area contributed by atoms with E-state index in [9.17, 15) is 4.79 Å². The molecule has 0 spiro atoms. The molecule has 1 saturated heterocycles. The molecule has 6 heteroatoms. The molecule has 1 aliphatic heterocycles. The van der Waals surface area contributed by atoms with Gasteiger partial charge in [0.25, 0.3) is 0 Å². The summed E-state index contributed by atoms with van der Waals surface area (Å²) < 4.78 is 0. The van der Waals surface area contributed by atoms with E-state index in [0.717, 1.165) is 22.3 Å². The molecule has 4 nitrogen and oxygen atoms in total. The van der Waals surface area contributed by atoms with Crippen molar-refractivity contribution >= 4 is 29.0 Å². The number of carbonyl (C=O) groups excluding carboxylic acids is 1. The molecule has 2 heterocycles. The van der Waals surface area contributed by atoms with Crippen LogP contribution in [0.15, 0.2) is 5.38 Å². The lowest BCUT2D eigenvalue weighted by molar-refractivity contribution is -0.122. The van der Waals surface area contributed by atoms with E-state index < -0.39 is 0 Å². The van der Waals surface area contributed by atoms with Gasteiger partial charge >= 0.3 is 0 Å². The van der Waals surface area contributed by atoms with Crippen LogP contribution >= 0.6 is 23.1 Å². The molecule has 15 heavy (non-hydrogen) atoms. The fourth-order valence-corrected chi connectivity index (χ4v) is 2.99. The molecule has 2 rings (SSSR count). The minimum absolute atomic E-state index is 0.0314. The molecule has 0 aromatic carbocycles. The van der Waals surface area contributed by atoms with Crippen LogP contribution in [0, 0.1) is 6.92 Å². The van der Waals surface area contributed by atoms with Gasteiger partial charge in [-0.1, -0.05) is 0 Å². The molecule has 0 radical (unpaired) electrons. The zero-order valence-corrected chi connectivity index (χ0v) is 10.1. The summed E-state index contributed by atoms with van der Waals surface area (Å²) in [6.07, 6.45) is 0. The Morgan fingerprint density at radius 3 is 3.27 bits per heavy atom. The monoisotopic (exact) mass is 243 g/mol. The standard InChI is InChI=1S/C9H13N3OS2/c1-6-3-15-8(12-6)2-10-9(13)7-4-14-5-11-7/h3,7,11H,2,4-5H2,1H3,(H,10,13). The number of amides is 1. The van der Waals surface area contributed by atoms with Gasteiger partial charge in [-0.2, -0.15) is 0 Å². The fourth-order valence-electron chi connectivity index (χ4n) is 1.33. The normalized spacial score (nSPS) is 20.5. The number of thiazole rings is 1. The van der Waals surface area contributed by atoms with Gasteiger partial charge in [0.1, 0.15) is 5.01 Å². The molecule has 0 aliphatic carbocycles. The fraction of sp³-hybridized carbons (Fsp3) is 0.556. The Labute approximate surface area is 96.9 Å². The van der Waals surface area contributed by atoms with Crippen LogP contribution in [0.3, 0.4) is 0 Å². The molecule has 1 amide bonds. The van der Waals surface area contributed by atoms with Crippen molar-refractivity contribution in [3.63, 3.8) is 0 Å². The summed E-state index contributed by atoms with van der Waals surface area (Å²) in [6, 6.07) is -0.0314. The Balaban J connectivity index is 1.80. The summed E-state index contributed by atoms with van der Waals surface area (Å²) >= 11 is 3.33. The minimum Gasteiger partial charge on any atom is -0.348 e. The molecule has 1 atom stereocenters. The van der Waals surface area contributed by atoms with Gasteiger partial charge in [-0.05, 0) is 6.92 Å². The van der Waals surface area contributed by atoms with Gasteiger partial charge in [0.15, 0.2) is 0 Å². The molecule has 1 aromatic heterocycles. The lowest BCUT2D eigenvalue weighted by Gasteiger charge is -2.08. The van der Waals surface area contributed by atoms with Crippen molar-refractivity contribution in [1.29, 1.82) is 0 Å².